The molecule has 0 saturated carbocycles. The van der Waals surface area contributed by atoms with E-state index in [1.807, 2.05) is 54.6 Å². The van der Waals surface area contributed by atoms with E-state index in [0.29, 0.717) is 31.0 Å². The van der Waals surface area contributed by atoms with Gasteiger partial charge in [-0.05, 0) is 61.7 Å². The predicted molar refractivity (Wildman–Crippen MR) is 186 cm³/mol. The zero-order valence-corrected chi connectivity index (χ0v) is 27.8. The summed E-state index contributed by atoms with van der Waals surface area (Å²) in [7, 11) is 1.69. The van der Waals surface area contributed by atoms with Crippen molar-refractivity contribution in [1.82, 2.24) is 14.9 Å². The number of piperazine rings is 1. The lowest BCUT2D eigenvalue weighted by atomic mass is 9.97. The number of likely N-dealkylation sites (tertiary alicyclic amines) is 1. The third-order valence-corrected chi connectivity index (χ3v) is 9.62. The van der Waals surface area contributed by atoms with Gasteiger partial charge in [-0.15, -0.1) is 0 Å². The second-order valence-corrected chi connectivity index (χ2v) is 12.7. The van der Waals surface area contributed by atoms with Crippen LogP contribution in [0.15, 0.2) is 90.1 Å². The van der Waals surface area contributed by atoms with Crippen LogP contribution in [-0.4, -0.2) is 79.7 Å². The highest BCUT2D eigenvalue weighted by atomic mass is 32.2. The molecule has 1 amide bonds. The molecule has 0 radical (unpaired) electrons. The van der Waals surface area contributed by atoms with Crippen LogP contribution in [-0.2, 0) is 15.3 Å². The fourth-order valence-corrected chi connectivity index (χ4v) is 6.88. The van der Waals surface area contributed by atoms with E-state index in [4.69, 9.17) is 19.4 Å². The third kappa shape index (κ3) is 8.05. The molecule has 244 valence electrons. The Kier molecular flexibility index (Phi) is 10.6. The summed E-state index contributed by atoms with van der Waals surface area (Å²) in [6.07, 6.45) is 1.56. The zero-order chi connectivity index (χ0) is 32.6. The van der Waals surface area contributed by atoms with E-state index >= 15 is 0 Å². The molecule has 2 aliphatic heterocycles. The fourth-order valence-electron chi connectivity index (χ4n) is 6.07. The Morgan fingerprint density at radius 1 is 0.872 bits per heavy atom. The van der Waals surface area contributed by atoms with E-state index in [2.05, 4.69) is 40.1 Å². The standard InChI is InChI=1S/C37H41N5O4S/c1-3-46-36(44)30-10-7-19-42(25-30)35(43)29-13-11-27(12-14-29)26-47-37-38-33(28-8-5-4-6-9-28)24-34(39-37)41-22-20-40(21-23-41)31-15-17-32(45-2)18-16-31/h4-6,8-9,11-18,24,30H,3,7,10,19-23,25-26H2,1-2H3. The summed E-state index contributed by atoms with van der Waals surface area (Å²) in [6, 6.07) is 28.3. The zero-order valence-electron chi connectivity index (χ0n) is 27.0. The molecule has 1 unspecified atom stereocenters. The lowest BCUT2D eigenvalue weighted by Crippen LogP contribution is -2.46. The number of carbonyl (C=O) groups excluding carboxylic acids is 2. The van der Waals surface area contributed by atoms with E-state index in [-0.39, 0.29) is 17.8 Å². The van der Waals surface area contributed by atoms with Gasteiger partial charge in [-0.2, -0.15) is 0 Å². The number of aromatic nitrogens is 2. The molecule has 3 heterocycles. The molecule has 0 spiro atoms. The topological polar surface area (TPSA) is 88.1 Å². The van der Waals surface area contributed by atoms with Gasteiger partial charge in [-0.1, -0.05) is 54.2 Å². The normalized spacial score (nSPS) is 16.6. The van der Waals surface area contributed by atoms with Crippen molar-refractivity contribution >= 4 is 35.1 Å². The number of ether oxygens (including phenoxy) is 2. The average Bonchev–Trinajstić information content (AvgIpc) is 3.14. The molecule has 9 nitrogen and oxygen atoms in total. The van der Waals surface area contributed by atoms with Crippen molar-refractivity contribution in [3.05, 3.63) is 96.1 Å². The van der Waals surface area contributed by atoms with Crippen LogP contribution in [0.25, 0.3) is 11.3 Å². The van der Waals surface area contributed by atoms with Crippen LogP contribution in [0.5, 0.6) is 5.75 Å². The highest BCUT2D eigenvalue weighted by Gasteiger charge is 2.30. The number of methoxy groups -OCH3 is 1. The Hall–Kier alpha value is -4.57. The SMILES string of the molecule is CCOC(=O)C1CCCN(C(=O)c2ccc(CSc3nc(-c4ccccc4)cc(N4CCN(c5ccc(OC)cc5)CC4)n3)cc2)C1. The van der Waals surface area contributed by atoms with E-state index in [1.165, 1.54) is 5.69 Å². The Labute approximate surface area is 280 Å². The molecule has 2 saturated heterocycles. The highest BCUT2D eigenvalue weighted by Crippen LogP contribution is 2.29. The number of hydrogen-bond acceptors (Lipinski definition) is 9. The number of rotatable bonds is 10. The van der Waals surface area contributed by atoms with Crippen molar-refractivity contribution in [1.29, 1.82) is 0 Å². The lowest BCUT2D eigenvalue weighted by molar-refractivity contribution is -0.149. The Bertz CT molecular complexity index is 1640. The molecule has 10 heteroatoms. The number of thioether (sulfide) groups is 1. The van der Waals surface area contributed by atoms with Gasteiger partial charge in [0.1, 0.15) is 11.6 Å². The van der Waals surface area contributed by atoms with Gasteiger partial charge in [0.2, 0.25) is 0 Å². The smallest absolute Gasteiger partial charge is 0.310 e. The average molecular weight is 652 g/mol. The van der Waals surface area contributed by atoms with Crippen molar-refractivity contribution < 1.29 is 19.1 Å². The van der Waals surface area contributed by atoms with Gasteiger partial charge in [0.15, 0.2) is 5.16 Å². The summed E-state index contributed by atoms with van der Waals surface area (Å²) in [4.78, 5) is 41.9. The number of benzene rings is 3. The van der Waals surface area contributed by atoms with Crippen LogP contribution >= 0.6 is 11.8 Å². The minimum Gasteiger partial charge on any atom is -0.497 e. The summed E-state index contributed by atoms with van der Waals surface area (Å²) < 4.78 is 10.5. The van der Waals surface area contributed by atoms with Crippen LogP contribution < -0.4 is 14.5 Å². The number of carbonyl (C=O) groups is 2. The van der Waals surface area contributed by atoms with Gasteiger partial charge in [0, 0.05) is 67.9 Å². The summed E-state index contributed by atoms with van der Waals surface area (Å²) in [5, 5.41) is 0.720. The molecule has 47 heavy (non-hydrogen) atoms. The second kappa shape index (κ2) is 15.3. The van der Waals surface area contributed by atoms with Gasteiger partial charge in [0.05, 0.1) is 25.3 Å². The summed E-state index contributed by atoms with van der Waals surface area (Å²) in [5.74, 6) is 1.95. The van der Waals surface area contributed by atoms with E-state index in [9.17, 15) is 9.59 Å². The van der Waals surface area contributed by atoms with Crippen LogP contribution in [0.2, 0.25) is 0 Å². The predicted octanol–water partition coefficient (Wildman–Crippen LogP) is 6.19. The number of esters is 1. The Morgan fingerprint density at radius 2 is 1.60 bits per heavy atom. The third-order valence-electron chi connectivity index (χ3n) is 8.70. The first kappa shape index (κ1) is 32.4. The quantitative estimate of drug-likeness (QED) is 0.113. The molecular weight excluding hydrogens is 611 g/mol. The maximum absolute atomic E-state index is 13.2. The summed E-state index contributed by atoms with van der Waals surface area (Å²) >= 11 is 1.59. The fraction of sp³-hybridized carbons (Fsp3) is 0.351. The first-order valence-electron chi connectivity index (χ1n) is 16.3. The minimum atomic E-state index is -0.253. The highest BCUT2D eigenvalue weighted by molar-refractivity contribution is 7.98. The molecule has 1 atom stereocenters. The van der Waals surface area contributed by atoms with Crippen LogP contribution in [0.4, 0.5) is 11.5 Å². The van der Waals surface area contributed by atoms with E-state index < -0.39 is 0 Å². The van der Waals surface area contributed by atoms with Gasteiger partial charge in [-0.3, -0.25) is 9.59 Å². The Morgan fingerprint density at radius 3 is 2.30 bits per heavy atom. The molecule has 0 aliphatic carbocycles. The molecule has 0 bridgehead atoms. The monoisotopic (exact) mass is 651 g/mol. The molecule has 6 rings (SSSR count). The van der Waals surface area contributed by atoms with Crippen LogP contribution in [0.3, 0.4) is 0 Å². The second-order valence-electron chi connectivity index (χ2n) is 11.8. The van der Waals surface area contributed by atoms with Crippen LogP contribution in [0, 0.1) is 5.92 Å². The summed E-state index contributed by atoms with van der Waals surface area (Å²) in [5.41, 5.74) is 4.86. The number of piperidine rings is 1. The molecule has 3 aromatic carbocycles. The van der Waals surface area contributed by atoms with E-state index in [1.54, 1.807) is 30.7 Å². The lowest BCUT2D eigenvalue weighted by Gasteiger charge is -2.37. The molecule has 4 aromatic rings. The van der Waals surface area contributed by atoms with Gasteiger partial charge in [-0.25, -0.2) is 9.97 Å². The Balaban J connectivity index is 1.12. The summed E-state index contributed by atoms with van der Waals surface area (Å²) in [6.45, 7) is 6.72. The molecular formula is C37H41N5O4S. The molecule has 0 N–H and O–H groups in total. The van der Waals surface area contributed by atoms with Crippen molar-refractivity contribution in [3.8, 4) is 17.0 Å². The molecule has 2 aliphatic rings. The number of nitrogens with zero attached hydrogens (tertiary/aromatic N) is 5. The minimum absolute atomic E-state index is 0.0474. The van der Waals surface area contributed by atoms with Crippen molar-refractivity contribution in [3.63, 3.8) is 0 Å². The van der Waals surface area contributed by atoms with E-state index in [0.717, 1.165) is 72.6 Å². The first-order chi connectivity index (χ1) is 23.0. The number of amides is 1. The maximum Gasteiger partial charge on any atom is 0.310 e. The largest absolute Gasteiger partial charge is 0.497 e. The molecule has 1 aromatic heterocycles. The van der Waals surface area contributed by atoms with Crippen LogP contribution in [0.1, 0.15) is 35.7 Å². The van der Waals surface area contributed by atoms with Gasteiger partial charge in [0.25, 0.3) is 5.91 Å². The van der Waals surface area contributed by atoms with Crippen molar-refractivity contribution in [2.45, 2.75) is 30.7 Å². The number of anilines is 2. The van der Waals surface area contributed by atoms with Crippen molar-refractivity contribution in [2.75, 3.05) is 62.8 Å². The van der Waals surface area contributed by atoms with Crippen molar-refractivity contribution in [2.24, 2.45) is 5.92 Å². The van der Waals surface area contributed by atoms with Gasteiger partial charge >= 0.3 is 5.97 Å². The van der Waals surface area contributed by atoms with Gasteiger partial charge < -0.3 is 24.2 Å². The first-order valence-corrected chi connectivity index (χ1v) is 17.3. The molecule has 2 fully saturated rings. The number of hydrogen-bond donors (Lipinski definition) is 0. The maximum atomic E-state index is 13.2.